The van der Waals surface area contributed by atoms with Crippen molar-refractivity contribution in [3.63, 3.8) is 0 Å². The molecule has 0 aromatic heterocycles. The Bertz CT molecular complexity index is 340. The van der Waals surface area contributed by atoms with Gasteiger partial charge in [-0.15, -0.1) is 0 Å². The molecule has 0 atom stereocenters. The van der Waals surface area contributed by atoms with Gasteiger partial charge in [0, 0.05) is 0 Å². The summed E-state index contributed by atoms with van der Waals surface area (Å²) in [5.41, 5.74) is 12.1. The highest BCUT2D eigenvalue weighted by atomic mass is 19.1. The van der Waals surface area contributed by atoms with Crippen LogP contribution in [0, 0.1) is 11.7 Å². The molecule has 0 aliphatic heterocycles. The molecule has 0 aliphatic rings. The van der Waals surface area contributed by atoms with E-state index >= 15 is 0 Å². The van der Waals surface area contributed by atoms with Crippen molar-refractivity contribution in [3.8, 4) is 5.75 Å². The Labute approximate surface area is 102 Å². The smallest absolute Gasteiger partial charge is 0.123 e. The number of benzene rings is 1. The van der Waals surface area contributed by atoms with E-state index in [-0.39, 0.29) is 11.7 Å². The van der Waals surface area contributed by atoms with Crippen LogP contribution in [-0.4, -0.2) is 19.7 Å². The Kier molecular flexibility index (Phi) is 5.94. The molecule has 4 heteroatoms. The number of nitrogens with two attached hydrogens (primary N) is 2. The van der Waals surface area contributed by atoms with Crippen LogP contribution >= 0.6 is 0 Å². The Hall–Kier alpha value is -1.13. The molecule has 0 bridgehead atoms. The molecule has 0 amide bonds. The molecular formula is C13H21FN2O. The Morgan fingerprint density at radius 3 is 2.59 bits per heavy atom. The van der Waals surface area contributed by atoms with Crippen LogP contribution in [0.2, 0.25) is 0 Å². The van der Waals surface area contributed by atoms with Crippen molar-refractivity contribution >= 4 is 0 Å². The molecule has 96 valence electrons. The summed E-state index contributed by atoms with van der Waals surface area (Å²) in [6, 6.07) is 4.59. The Balaban J connectivity index is 2.82. The lowest BCUT2D eigenvalue weighted by Crippen LogP contribution is -2.25. The molecule has 1 aromatic rings. The molecule has 0 fully saturated rings. The molecule has 0 heterocycles. The molecule has 0 saturated heterocycles. The minimum Gasteiger partial charge on any atom is -0.493 e. The zero-order chi connectivity index (χ0) is 12.7. The van der Waals surface area contributed by atoms with Gasteiger partial charge in [0.15, 0.2) is 0 Å². The third kappa shape index (κ3) is 4.32. The first kappa shape index (κ1) is 13.9. The number of halogens is 1. The lowest BCUT2D eigenvalue weighted by molar-refractivity contribution is 0.311. The van der Waals surface area contributed by atoms with Crippen LogP contribution in [0.4, 0.5) is 4.39 Å². The standard InChI is InChI=1S/C13H21FN2O/c1-2-5-17-13-4-3-12(14)7-11(13)6-10(8-15)9-16/h3-4,7,10H,2,5-6,8-9,15-16H2,1H3. The van der Waals surface area contributed by atoms with E-state index in [4.69, 9.17) is 16.2 Å². The summed E-state index contributed by atoms with van der Waals surface area (Å²) >= 11 is 0. The fraction of sp³-hybridized carbons (Fsp3) is 0.538. The molecule has 0 unspecified atom stereocenters. The van der Waals surface area contributed by atoms with Crippen LogP contribution < -0.4 is 16.2 Å². The molecule has 17 heavy (non-hydrogen) atoms. The predicted molar refractivity (Wildman–Crippen MR) is 67.5 cm³/mol. The van der Waals surface area contributed by atoms with Gasteiger partial charge in [0.05, 0.1) is 6.61 Å². The van der Waals surface area contributed by atoms with Gasteiger partial charge in [0.1, 0.15) is 11.6 Å². The molecule has 0 spiro atoms. The van der Waals surface area contributed by atoms with Crippen LogP contribution in [0.3, 0.4) is 0 Å². The number of rotatable bonds is 7. The fourth-order valence-corrected chi connectivity index (χ4v) is 1.63. The summed E-state index contributed by atoms with van der Waals surface area (Å²) < 4.78 is 18.8. The quantitative estimate of drug-likeness (QED) is 0.762. The van der Waals surface area contributed by atoms with Crippen LogP contribution in [0.25, 0.3) is 0 Å². The van der Waals surface area contributed by atoms with E-state index in [0.29, 0.717) is 26.1 Å². The summed E-state index contributed by atoms with van der Waals surface area (Å²) in [7, 11) is 0. The molecule has 0 saturated carbocycles. The Morgan fingerprint density at radius 2 is 2.00 bits per heavy atom. The SMILES string of the molecule is CCCOc1ccc(F)cc1CC(CN)CN. The lowest BCUT2D eigenvalue weighted by atomic mass is 9.99. The van der Waals surface area contributed by atoms with Crippen molar-refractivity contribution in [3.05, 3.63) is 29.6 Å². The fourth-order valence-electron chi connectivity index (χ4n) is 1.63. The zero-order valence-corrected chi connectivity index (χ0v) is 10.3. The summed E-state index contributed by atoms with van der Waals surface area (Å²) in [5.74, 6) is 0.651. The summed E-state index contributed by atoms with van der Waals surface area (Å²) in [5, 5.41) is 0. The third-order valence-corrected chi connectivity index (χ3v) is 2.66. The lowest BCUT2D eigenvalue weighted by Gasteiger charge is -2.16. The zero-order valence-electron chi connectivity index (χ0n) is 10.3. The maximum Gasteiger partial charge on any atom is 0.123 e. The van der Waals surface area contributed by atoms with Crippen molar-refractivity contribution in [2.45, 2.75) is 19.8 Å². The average molecular weight is 240 g/mol. The first-order valence-electron chi connectivity index (χ1n) is 6.02. The van der Waals surface area contributed by atoms with Crippen molar-refractivity contribution in [1.29, 1.82) is 0 Å². The van der Waals surface area contributed by atoms with Crippen molar-refractivity contribution in [2.24, 2.45) is 17.4 Å². The van der Waals surface area contributed by atoms with Crippen LogP contribution in [0.1, 0.15) is 18.9 Å². The average Bonchev–Trinajstić information content (AvgIpc) is 2.35. The van der Waals surface area contributed by atoms with Gasteiger partial charge in [-0.3, -0.25) is 0 Å². The second-order valence-electron chi connectivity index (χ2n) is 4.14. The van der Waals surface area contributed by atoms with E-state index in [1.807, 2.05) is 6.92 Å². The molecule has 0 aliphatic carbocycles. The van der Waals surface area contributed by atoms with Gasteiger partial charge in [0.2, 0.25) is 0 Å². The highest BCUT2D eigenvalue weighted by Gasteiger charge is 2.11. The normalized spacial score (nSPS) is 10.9. The maximum absolute atomic E-state index is 13.2. The van der Waals surface area contributed by atoms with Gasteiger partial charge in [-0.1, -0.05) is 6.92 Å². The molecule has 3 nitrogen and oxygen atoms in total. The molecule has 1 rings (SSSR count). The molecule has 0 radical (unpaired) electrons. The minimum atomic E-state index is -0.253. The molecule has 1 aromatic carbocycles. The van der Waals surface area contributed by atoms with E-state index in [2.05, 4.69) is 0 Å². The monoisotopic (exact) mass is 240 g/mol. The van der Waals surface area contributed by atoms with Gasteiger partial charge < -0.3 is 16.2 Å². The summed E-state index contributed by atoms with van der Waals surface area (Å²) in [4.78, 5) is 0. The van der Waals surface area contributed by atoms with Gasteiger partial charge in [-0.2, -0.15) is 0 Å². The minimum absolute atomic E-state index is 0.167. The first-order chi connectivity index (χ1) is 8.21. The molecular weight excluding hydrogens is 219 g/mol. The van der Waals surface area contributed by atoms with E-state index in [1.54, 1.807) is 6.07 Å². The number of ether oxygens (including phenoxy) is 1. The van der Waals surface area contributed by atoms with Gasteiger partial charge in [-0.25, -0.2) is 4.39 Å². The van der Waals surface area contributed by atoms with E-state index in [0.717, 1.165) is 17.7 Å². The van der Waals surface area contributed by atoms with Crippen molar-refractivity contribution in [2.75, 3.05) is 19.7 Å². The van der Waals surface area contributed by atoms with Crippen molar-refractivity contribution < 1.29 is 9.13 Å². The topological polar surface area (TPSA) is 61.3 Å². The molecule has 4 N–H and O–H groups in total. The number of hydrogen-bond donors (Lipinski definition) is 2. The van der Waals surface area contributed by atoms with Crippen LogP contribution in [0.15, 0.2) is 18.2 Å². The Morgan fingerprint density at radius 1 is 1.29 bits per heavy atom. The first-order valence-corrected chi connectivity index (χ1v) is 6.02. The van der Waals surface area contributed by atoms with Gasteiger partial charge >= 0.3 is 0 Å². The second-order valence-corrected chi connectivity index (χ2v) is 4.14. The van der Waals surface area contributed by atoms with E-state index in [9.17, 15) is 4.39 Å². The summed E-state index contributed by atoms with van der Waals surface area (Å²) in [6.07, 6.45) is 1.58. The van der Waals surface area contributed by atoms with Gasteiger partial charge in [0.25, 0.3) is 0 Å². The highest BCUT2D eigenvalue weighted by molar-refractivity contribution is 5.34. The highest BCUT2D eigenvalue weighted by Crippen LogP contribution is 2.22. The largest absolute Gasteiger partial charge is 0.493 e. The second kappa shape index (κ2) is 7.25. The van der Waals surface area contributed by atoms with E-state index in [1.165, 1.54) is 12.1 Å². The summed E-state index contributed by atoms with van der Waals surface area (Å²) in [6.45, 7) is 3.67. The maximum atomic E-state index is 13.2. The number of hydrogen-bond acceptors (Lipinski definition) is 3. The van der Waals surface area contributed by atoms with Gasteiger partial charge in [-0.05, 0) is 55.6 Å². The van der Waals surface area contributed by atoms with E-state index < -0.39 is 0 Å². The third-order valence-electron chi connectivity index (χ3n) is 2.66. The van der Waals surface area contributed by atoms with Crippen molar-refractivity contribution in [1.82, 2.24) is 0 Å². The predicted octanol–water partition coefficient (Wildman–Crippen LogP) is 1.69. The van der Waals surface area contributed by atoms with Crippen LogP contribution in [0.5, 0.6) is 5.75 Å². The van der Waals surface area contributed by atoms with Crippen LogP contribution in [-0.2, 0) is 6.42 Å².